The molecular formula is C23H19FN2O3. The highest BCUT2D eigenvalue weighted by Crippen LogP contribution is 2.13. The van der Waals surface area contributed by atoms with Crippen molar-refractivity contribution in [3.8, 4) is 0 Å². The molecule has 0 fully saturated rings. The van der Waals surface area contributed by atoms with Crippen LogP contribution in [0, 0.1) is 5.82 Å². The first-order chi connectivity index (χ1) is 14.0. The summed E-state index contributed by atoms with van der Waals surface area (Å²) in [5, 5.41) is 2.46. The second-order valence-electron chi connectivity index (χ2n) is 6.50. The maximum atomic E-state index is 13.8. The van der Waals surface area contributed by atoms with E-state index in [1.165, 1.54) is 18.2 Å². The molecule has 0 bridgehead atoms. The number of halogens is 1. The lowest BCUT2D eigenvalue weighted by molar-refractivity contribution is -0.119. The lowest BCUT2D eigenvalue weighted by atomic mass is 9.99. The third-order valence-electron chi connectivity index (χ3n) is 4.46. The summed E-state index contributed by atoms with van der Waals surface area (Å²) in [6.07, 6.45) is 0.120. The highest BCUT2D eigenvalue weighted by atomic mass is 19.1. The molecule has 29 heavy (non-hydrogen) atoms. The zero-order valence-corrected chi connectivity index (χ0v) is 15.5. The van der Waals surface area contributed by atoms with E-state index in [2.05, 4.69) is 5.32 Å². The number of amides is 2. The number of carbonyl (C=O) groups is 3. The number of primary amides is 1. The number of benzene rings is 3. The van der Waals surface area contributed by atoms with Gasteiger partial charge in [0.25, 0.3) is 5.91 Å². The lowest BCUT2D eigenvalue weighted by Gasteiger charge is -2.16. The van der Waals surface area contributed by atoms with Crippen molar-refractivity contribution in [2.75, 3.05) is 0 Å². The van der Waals surface area contributed by atoms with Gasteiger partial charge in [-0.2, -0.15) is 0 Å². The topological polar surface area (TPSA) is 89.3 Å². The number of carbonyl (C=O) groups excluding carboxylic acids is 3. The number of ketones is 1. The van der Waals surface area contributed by atoms with Gasteiger partial charge in [-0.25, -0.2) is 4.39 Å². The van der Waals surface area contributed by atoms with Crippen LogP contribution < -0.4 is 11.1 Å². The first-order valence-electron chi connectivity index (χ1n) is 8.99. The Bertz CT molecular complexity index is 1030. The van der Waals surface area contributed by atoms with Crippen LogP contribution in [0.2, 0.25) is 0 Å². The van der Waals surface area contributed by atoms with E-state index in [0.29, 0.717) is 16.7 Å². The molecule has 0 spiro atoms. The van der Waals surface area contributed by atoms with Gasteiger partial charge >= 0.3 is 0 Å². The average molecular weight is 390 g/mol. The fraction of sp³-hybridized carbons (Fsp3) is 0.0870. The quantitative estimate of drug-likeness (QED) is 0.608. The molecule has 0 aliphatic carbocycles. The molecule has 6 heteroatoms. The summed E-state index contributed by atoms with van der Waals surface area (Å²) in [7, 11) is 0. The summed E-state index contributed by atoms with van der Waals surface area (Å²) in [4.78, 5) is 36.5. The minimum absolute atomic E-state index is 0.114. The molecule has 3 aromatic carbocycles. The molecule has 3 rings (SSSR count). The summed E-state index contributed by atoms with van der Waals surface area (Å²) < 4.78 is 13.8. The molecule has 146 valence electrons. The van der Waals surface area contributed by atoms with Crippen LogP contribution in [0.15, 0.2) is 78.9 Å². The van der Waals surface area contributed by atoms with Crippen molar-refractivity contribution in [3.63, 3.8) is 0 Å². The van der Waals surface area contributed by atoms with E-state index in [9.17, 15) is 18.8 Å². The molecule has 0 aromatic heterocycles. The molecule has 5 nitrogen and oxygen atoms in total. The molecular weight excluding hydrogens is 371 g/mol. The monoisotopic (exact) mass is 390 g/mol. The number of rotatable bonds is 7. The molecule has 1 atom stereocenters. The van der Waals surface area contributed by atoms with Crippen molar-refractivity contribution in [2.45, 2.75) is 12.5 Å². The van der Waals surface area contributed by atoms with Gasteiger partial charge in [0.05, 0.1) is 5.56 Å². The van der Waals surface area contributed by atoms with Gasteiger partial charge in [0.2, 0.25) is 5.91 Å². The van der Waals surface area contributed by atoms with Crippen molar-refractivity contribution in [1.82, 2.24) is 5.32 Å². The van der Waals surface area contributed by atoms with Gasteiger partial charge in [0, 0.05) is 17.5 Å². The summed E-state index contributed by atoms with van der Waals surface area (Å²) >= 11 is 0. The lowest BCUT2D eigenvalue weighted by Crippen LogP contribution is -2.46. The number of hydrogen-bond acceptors (Lipinski definition) is 3. The second-order valence-corrected chi connectivity index (χ2v) is 6.50. The van der Waals surface area contributed by atoms with Gasteiger partial charge in [-0.1, -0.05) is 66.7 Å². The van der Waals surface area contributed by atoms with E-state index in [0.717, 1.165) is 6.07 Å². The van der Waals surface area contributed by atoms with Crippen LogP contribution in [-0.2, 0) is 11.2 Å². The van der Waals surface area contributed by atoms with Gasteiger partial charge in [-0.05, 0) is 17.7 Å². The summed E-state index contributed by atoms with van der Waals surface area (Å²) in [6, 6.07) is 20.0. The van der Waals surface area contributed by atoms with Crippen LogP contribution in [0.25, 0.3) is 0 Å². The first-order valence-corrected chi connectivity index (χ1v) is 8.99. The van der Waals surface area contributed by atoms with Crippen LogP contribution in [0.4, 0.5) is 4.39 Å². The number of hydrogen-bond donors (Lipinski definition) is 2. The normalized spacial score (nSPS) is 11.5. The zero-order chi connectivity index (χ0) is 20.8. The number of nitrogens with one attached hydrogen (secondary N) is 1. The van der Waals surface area contributed by atoms with Crippen molar-refractivity contribution < 1.29 is 18.8 Å². The predicted molar refractivity (Wildman–Crippen MR) is 107 cm³/mol. The van der Waals surface area contributed by atoms with Gasteiger partial charge in [-0.3, -0.25) is 14.4 Å². The molecule has 3 aromatic rings. The van der Waals surface area contributed by atoms with Crippen LogP contribution >= 0.6 is 0 Å². The summed E-state index contributed by atoms with van der Waals surface area (Å²) in [5.41, 5.74) is 7.02. The molecule has 3 N–H and O–H groups in total. The fourth-order valence-corrected chi connectivity index (χ4v) is 2.89. The Balaban J connectivity index is 1.71. The maximum Gasteiger partial charge on any atom is 0.254 e. The largest absolute Gasteiger partial charge is 0.368 e. The number of nitrogens with two attached hydrogens (primary N) is 1. The SMILES string of the molecule is NC(=O)[C@@H](Cc1ccc(C(=O)c2ccccc2)cc1)NC(=O)c1ccccc1F. The Labute approximate surface area is 167 Å². The summed E-state index contributed by atoms with van der Waals surface area (Å²) in [6.45, 7) is 0. The molecule has 2 amide bonds. The van der Waals surface area contributed by atoms with Crippen LogP contribution in [0.1, 0.15) is 31.8 Å². The minimum atomic E-state index is -1.02. The van der Waals surface area contributed by atoms with Gasteiger partial charge < -0.3 is 11.1 Å². The Morgan fingerprint density at radius 2 is 1.41 bits per heavy atom. The van der Waals surface area contributed by atoms with E-state index in [1.807, 2.05) is 6.07 Å². The van der Waals surface area contributed by atoms with Crippen molar-refractivity contribution >= 4 is 17.6 Å². The van der Waals surface area contributed by atoms with E-state index in [4.69, 9.17) is 5.73 Å². The van der Waals surface area contributed by atoms with Crippen LogP contribution in [-0.4, -0.2) is 23.6 Å². The third kappa shape index (κ3) is 4.93. The molecule has 0 radical (unpaired) electrons. The molecule has 0 aliphatic rings. The Morgan fingerprint density at radius 3 is 2.03 bits per heavy atom. The smallest absolute Gasteiger partial charge is 0.254 e. The van der Waals surface area contributed by atoms with Crippen molar-refractivity contribution in [1.29, 1.82) is 0 Å². The van der Waals surface area contributed by atoms with E-state index in [1.54, 1.807) is 48.5 Å². The Morgan fingerprint density at radius 1 is 0.828 bits per heavy atom. The zero-order valence-electron chi connectivity index (χ0n) is 15.5. The third-order valence-corrected chi connectivity index (χ3v) is 4.46. The molecule has 0 heterocycles. The van der Waals surface area contributed by atoms with Crippen molar-refractivity contribution in [2.24, 2.45) is 5.73 Å². The predicted octanol–water partition coefficient (Wildman–Crippen LogP) is 2.88. The highest BCUT2D eigenvalue weighted by Gasteiger charge is 2.21. The van der Waals surface area contributed by atoms with Crippen molar-refractivity contribution in [3.05, 3.63) is 107 Å². The fourth-order valence-electron chi connectivity index (χ4n) is 2.89. The van der Waals surface area contributed by atoms with Gasteiger partial charge in [0.15, 0.2) is 5.78 Å². The summed E-state index contributed by atoms with van der Waals surface area (Å²) in [5.74, 6) is -2.25. The van der Waals surface area contributed by atoms with Crippen LogP contribution in [0.3, 0.4) is 0 Å². The molecule has 0 saturated carbocycles. The minimum Gasteiger partial charge on any atom is -0.368 e. The van der Waals surface area contributed by atoms with E-state index >= 15 is 0 Å². The maximum absolute atomic E-state index is 13.8. The second kappa shape index (κ2) is 8.93. The Hall–Kier alpha value is -3.80. The first kappa shape index (κ1) is 19.9. The molecule has 0 aliphatic heterocycles. The molecule has 0 unspecified atom stereocenters. The standard InChI is InChI=1S/C23H19FN2O3/c24-19-9-5-4-8-18(19)23(29)26-20(22(25)28)14-15-10-12-17(13-11-15)21(27)16-6-2-1-3-7-16/h1-13,20H,14H2,(H2,25,28)(H,26,29)/t20-/m1/s1. The van der Waals surface area contributed by atoms with E-state index < -0.39 is 23.7 Å². The Kier molecular flexibility index (Phi) is 6.14. The average Bonchev–Trinajstić information content (AvgIpc) is 2.74. The van der Waals surface area contributed by atoms with E-state index in [-0.39, 0.29) is 17.8 Å². The molecule has 0 saturated heterocycles. The van der Waals surface area contributed by atoms with Gasteiger partial charge in [0.1, 0.15) is 11.9 Å². The highest BCUT2D eigenvalue weighted by molar-refractivity contribution is 6.09. The van der Waals surface area contributed by atoms with Crippen LogP contribution in [0.5, 0.6) is 0 Å². The van der Waals surface area contributed by atoms with Gasteiger partial charge in [-0.15, -0.1) is 0 Å².